The molecule has 0 saturated carbocycles. The van der Waals surface area contributed by atoms with Crippen molar-refractivity contribution < 1.29 is 42.8 Å². The van der Waals surface area contributed by atoms with Crippen LogP contribution in [0.15, 0.2) is 101 Å². The lowest BCUT2D eigenvalue weighted by Crippen LogP contribution is -2.47. The van der Waals surface area contributed by atoms with Gasteiger partial charge in [0.15, 0.2) is 0 Å². The van der Waals surface area contributed by atoms with E-state index in [9.17, 15) is 0 Å². The molecule has 0 spiro atoms. The van der Waals surface area contributed by atoms with Crippen molar-refractivity contribution in [2.75, 3.05) is 0 Å². The lowest BCUT2D eigenvalue weighted by Gasteiger charge is -2.36. The van der Waals surface area contributed by atoms with Gasteiger partial charge >= 0.3 is 0 Å². The molecule has 109 heavy (non-hydrogen) atoms. The smallest absolute Gasteiger partial charge is 0.261 e. The lowest BCUT2D eigenvalue weighted by atomic mass is 9.80. The highest BCUT2D eigenvalue weighted by Crippen LogP contribution is 2.54. The van der Waals surface area contributed by atoms with Gasteiger partial charge in [0.25, 0.3) is 47.3 Å². The van der Waals surface area contributed by atoms with Crippen LogP contribution in [0.4, 0.5) is 0 Å². The van der Waals surface area contributed by atoms with Gasteiger partial charge in [0, 0.05) is 112 Å². The van der Waals surface area contributed by atoms with Gasteiger partial charge in [0.1, 0.15) is 11.5 Å². The Labute approximate surface area is 641 Å². The normalized spacial score (nSPS) is 14.7. The third kappa shape index (κ3) is 12.7. The highest BCUT2D eigenvalue weighted by atomic mass is 16.3. The van der Waals surface area contributed by atoms with Gasteiger partial charge in [-0.05, 0) is 166 Å². The Balaban J connectivity index is 0.984. The molecule has 13 nitrogen and oxygen atoms in total. The predicted molar refractivity (Wildman–Crippen MR) is 442 cm³/mol. The van der Waals surface area contributed by atoms with Crippen molar-refractivity contribution in [1.29, 1.82) is 0 Å². The molecule has 0 aliphatic carbocycles. The summed E-state index contributed by atoms with van der Waals surface area (Å²) in [5.74, 6) is -1.78. The molecule has 4 aliphatic heterocycles. The molecule has 13 heteroatoms. The van der Waals surface area contributed by atoms with Crippen LogP contribution in [0.3, 0.4) is 0 Å². The van der Waals surface area contributed by atoms with Crippen LogP contribution < -0.4 is 0 Å². The fourth-order valence-corrected chi connectivity index (χ4v) is 19.8. The minimum Gasteiger partial charge on any atom is -0.456 e. The number of amides is 8. The highest BCUT2D eigenvalue weighted by Gasteiger charge is 2.45. The number of unbranched alkanes of at least 4 members (excludes halogenated alkanes) is 16. The van der Waals surface area contributed by atoms with Crippen LogP contribution >= 0.6 is 0 Å². The maximum absolute atomic E-state index is 16.1. The van der Waals surface area contributed by atoms with E-state index in [4.69, 9.17) is 4.42 Å². The molecule has 8 amide bonds. The van der Waals surface area contributed by atoms with Gasteiger partial charge in [0.05, 0.1) is 0 Å². The second-order valence-electron chi connectivity index (χ2n) is 32.3. The van der Waals surface area contributed by atoms with Gasteiger partial charge in [-0.3, -0.25) is 58.0 Å². The molecular weight excluding hydrogens is 1350 g/mol. The molecule has 11 aromatic rings. The number of imide groups is 4. The molecule has 566 valence electrons. The van der Waals surface area contributed by atoms with Gasteiger partial charge in [-0.15, -0.1) is 0 Å². The summed E-state index contributed by atoms with van der Waals surface area (Å²) in [6, 6.07) is 29.7. The summed E-state index contributed by atoms with van der Waals surface area (Å²) in [6.07, 6.45) is 28.7. The minimum absolute atomic E-state index is 0.259. The van der Waals surface area contributed by atoms with Gasteiger partial charge in [-0.2, -0.15) is 0 Å². The average Bonchev–Trinajstić information content (AvgIpc) is 1.31. The Morgan fingerprint density at radius 2 is 0.413 bits per heavy atom. The molecule has 0 radical (unpaired) electrons. The molecule has 4 aliphatic rings. The second-order valence-corrected chi connectivity index (χ2v) is 32.3. The monoisotopic (exact) mass is 1460 g/mol. The van der Waals surface area contributed by atoms with E-state index in [1.54, 1.807) is 19.6 Å². The first-order valence-electron chi connectivity index (χ1n) is 42.3. The van der Waals surface area contributed by atoms with E-state index in [0.29, 0.717) is 136 Å². The number of hydrogen-bond acceptors (Lipinski definition) is 9. The molecule has 5 heterocycles. The number of benzene rings is 10. The van der Waals surface area contributed by atoms with Crippen molar-refractivity contribution in [1.82, 2.24) is 19.6 Å². The molecule has 0 N–H and O–H groups in total. The van der Waals surface area contributed by atoms with E-state index >= 15 is 38.4 Å². The Kier molecular flexibility index (Phi) is 22.0. The number of rotatable bonds is 38. The third-order valence-corrected chi connectivity index (χ3v) is 25.3. The summed E-state index contributed by atoms with van der Waals surface area (Å²) in [6.45, 7) is 17.3. The zero-order valence-electron chi connectivity index (χ0n) is 65.6. The van der Waals surface area contributed by atoms with E-state index in [0.717, 1.165) is 223 Å². The van der Waals surface area contributed by atoms with Crippen LogP contribution in [0.25, 0.3) is 109 Å². The van der Waals surface area contributed by atoms with Gasteiger partial charge in [0.2, 0.25) is 0 Å². The summed E-state index contributed by atoms with van der Waals surface area (Å²) in [5.41, 5.74) is 4.61. The zero-order chi connectivity index (χ0) is 76.1. The van der Waals surface area contributed by atoms with E-state index in [1.165, 1.54) is 0 Å². The van der Waals surface area contributed by atoms with Crippen LogP contribution in [0.5, 0.6) is 0 Å². The molecule has 0 unspecified atom stereocenters. The molecule has 0 atom stereocenters. The Morgan fingerprint density at radius 3 is 0.642 bits per heavy atom. The standard InChI is InChI=1S/C96H108N4O9/c1-9-17-25-33-57(34-26-18-10-2)97-89(101)67-47-41-61-63-43-49-71-85-75(95(107)99(93(71)105)59(37-29-21-13-5)38-30-22-14-6)55-73(81(87(63)85)65-45-51-69(91(97)103)83(67)79(61)65)77-53-54-78(109-77)74-56-76-86-72(94(106)100(96(76)108)60(39-31-23-15-7)40-32-24-16-8)50-44-64-62-42-48-68-84-70(52-46-66(80(62)84)82(74)88(64)86)92(104)98(90(68)102)58(35-27-19-11-3)36-28-20-12-4/h41-60H,9-40H2,1-8H3. The number of fused-ring (bicyclic) bond motifs is 4. The number of nitrogens with zero attached hydrogens (tertiary/aromatic N) is 4. The summed E-state index contributed by atoms with van der Waals surface area (Å²) < 4.78 is 7.61. The molecule has 0 saturated heterocycles. The van der Waals surface area contributed by atoms with Crippen LogP contribution in [-0.2, 0) is 0 Å². The molecule has 1 aromatic heterocycles. The molecule has 0 bridgehead atoms. The van der Waals surface area contributed by atoms with E-state index in [1.807, 2.05) is 97.1 Å². The number of hydrogen-bond donors (Lipinski definition) is 0. The summed E-state index contributed by atoms with van der Waals surface area (Å²) in [7, 11) is 0. The average molecular weight is 1460 g/mol. The quantitative estimate of drug-likeness (QED) is 0.0159. The topological polar surface area (TPSA) is 163 Å². The maximum Gasteiger partial charge on any atom is 0.261 e. The van der Waals surface area contributed by atoms with Crippen molar-refractivity contribution in [2.45, 2.75) is 285 Å². The van der Waals surface area contributed by atoms with E-state index < -0.39 is 0 Å². The fourth-order valence-electron chi connectivity index (χ4n) is 19.8. The minimum atomic E-state index is -0.365. The fraction of sp³-hybridized carbons (Fsp3) is 0.458. The largest absolute Gasteiger partial charge is 0.456 e. The van der Waals surface area contributed by atoms with E-state index in [2.05, 4.69) is 55.4 Å². The zero-order valence-corrected chi connectivity index (χ0v) is 65.6. The highest BCUT2D eigenvalue weighted by molar-refractivity contribution is 6.45. The lowest BCUT2D eigenvalue weighted by molar-refractivity contribution is 0.0501. The van der Waals surface area contributed by atoms with Crippen molar-refractivity contribution >= 4 is 133 Å². The van der Waals surface area contributed by atoms with Crippen LogP contribution in [0.1, 0.15) is 344 Å². The van der Waals surface area contributed by atoms with Crippen molar-refractivity contribution in [3.05, 3.63) is 142 Å². The Bertz CT molecular complexity index is 5010. The Hall–Kier alpha value is -9.36. The van der Waals surface area contributed by atoms with Gasteiger partial charge < -0.3 is 4.42 Å². The summed E-state index contributed by atoms with van der Waals surface area (Å²) >= 11 is 0. The SMILES string of the molecule is CCCCCC(CCCCC)N1C(=O)c2ccc3c4ccc5c6c(cc(-c7ccc(-c8cc9c%10c(ccc%11c%12ccc%13c%14c(ccc(c8c%10%11)c%14%12)C(=O)N(C(CCCCC)CCCCC)C%13=O)C(=O)N(C(CCCCC)CCCCC)C9=O)o7)c(c7ccc(c2c37)C1=O)c64)C(=O)N(C(CCCCC)CCCCC)C5=O. The third-order valence-electron chi connectivity index (χ3n) is 25.3. The molecule has 10 aromatic carbocycles. The maximum atomic E-state index is 16.1. The Morgan fingerprint density at radius 1 is 0.211 bits per heavy atom. The van der Waals surface area contributed by atoms with E-state index in [-0.39, 0.29) is 71.4 Å². The van der Waals surface area contributed by atoms with Gasteiger partial charge in [-0.25, -0.2) is 0 Å². The van der Waals surface area contributed by atoms with Gasteiger partial charge in [-0.1, -0.05) is 246 Å². The second kappa shape index (κ2) is 31.9. The molecular formula is C96H108N4O9. The first kappa shape index (κ1) is 75.1. The number of furan rings is 1. The predicted octanol–water partition coefficient (Wildman–Crippen LogP) is 25.2. The molecule has 15 rings (SSSR count). The van der Waals surface area contributed by atoms with Crippen molar-refractivity contribution in [2.24, 2.45) is 0 Å². The molecule has 0 fully saturated rings. The summed E-state index contributed by atoms with van der Waals surface area (Å²) in [4.78, 5) is 132. The first-order valence-corrected chi connectivity index (χ1v) is 42.3. The van der Waals surface area contributed by atoms with Crippen molar-refractivity contribution in [3.63, 3.8) is 0 Å². The van der Waals surface area contributed by atoms with Crippen LogP contribution in [0.2, 0.25) is 0 Å². The van der Waals surface area contributed by atoms with Crippen LogP contribution in [-0.4, -0.2) is 91.0 Å². The van der Waals surface area contributed by atoms with Crippen LogP contribution in [0, 0.1) is 0 Å². The number of carbonyl (C=O) groups excluding carboxylic acids is 8. The first-order chi connectivity index (χ1) is 53.2. The van der Waals surface area contributed by atoms with Crippen molar-refractivity contribution in [3.8, 4) is 22.6 Å². The summed E-state index contributed by atoms with van der Waals surface area (Å²) in [5, 5.41) is 11.1. The number of carbonyl (C=O) groups is 8.